The Morgan fingerprint density at radius 2 is 1.69 bits per heavy atom. The van der Waals surface area contributed by atoms with Gasteiger partial charge >= 0.3 is 0 Å². The van der Waals surface area contributed by atoms with Crippen molar-refractivity contribution < 1.29 is 27.8 Å². The van der Waals surface area contributed by atoms with Crippen LogP contribution in [-0.2, 0) is 11.3 Å². The molecule has 0 atom stereocenters. The van der Waals surface area contributed by atoms with Crippen LogP contribution in [0.15, 0.2) is 35.2 Å². The van der Waals surface area contributed by atoms with Crippen molar-refractivity contribution in [3.63, 3.8) is 0 Å². The van der Waals surface area contributed by atoms with Gasteiger partial charge in [0.2, 0.25) is 11.7 Å². The van der Waals surface area contributed by atoms with Crippen LogP contribution in [0.25, 0.3) is 0 Å². The standard InChI is InChI=1S/C18H19F2NO4S/c1-23-14-6-11(7-15(24-2)18(14)25-3)9-21-17(22)10-26-16-8-12(19)4-5-13(16)20/h4-8H,9-10H2,1-3H3,(H,21,22). The second-order valence-electron chi connectivity index (χ2n) is 5.17. The van der Waals surface area contributed by atoms with Gasteiger partial charge in [-0.05, 0) is 35.9 Å². The van der Waals surface area contributed by atoms with E-state index in [9.17, 15) is 13.6 Å². The third-order valence-electron chi connectivity index (χ3n) is 3.47. The number of carbonyl (C=O) groups excluding carboxylic acids is 1. The Morgan fingerprint density at radius 1 is 1.04 bits per heavy atom. The fourth-order valence-electron chi connectivity index (χ4n) is 2.22. The number of thioether (sulfide) groups is 1. The summed E-state index contributed by atoms with van der Waals surface area (Å²) in [6.07, 6.45) is 0. The quantitative estimate of drug-likeness (QED) is 0.708. The number of benzene rings is 2. The van der Waals surface area contributed by atoms with E-state index in [2.05, 4.69) is 5.32 Å². The summed E-state index contributed by atoms with van der Waals surface area (Å²) in [6, 6.07) is 6.57. The van der Waals surface area contributed by atoms with E-state index in [4.69, 9.17) is 14.2 Å². The molecule has 1 amide bonds. The van der Waals surface area contributed by atoms with Crippen LogP contribution < -0.4 is 19.5 Å². The lowest BCUT2D eigenvalue weighted by molar-refractivity contribution is -0.118. The van der Waals surface area contributed by atoms with Gasteiger partial charge in [-0.1, -0.05) is 0 Å². The van der Waals surface area contributed by atoms with Crippen LogP contribution in [0.5, 0.6) is 17.2 Å². The zero-order valence-corrected chi connectivity index (χ0v) is 15.4. The highest BCUT2D eigenvalue weighted by atomic mass is 32.2. The van der Waals surface area contributed by atoms with E-state index in [0.29, 0.717) is 17.2 Å². The van der Waals surface area contributed by atoms with Gasteiger partial charge < -0.3 is 19.5 Å². The van der Waals surface area contributed by atoms with E-state index in [1.807, 2.05) is 0 Å². The van der Waals surface area contributed by atoms with E-state index in [1.54, 1.807) is 12.1 Å². The summed E-state index contributed by atoms with van der Waals surface area (Å²) >= 11 is 0.929. The lowest BCUT2D eigenvalue weighted by Gasteiger charge is -2.14. The lowest BCUT2D eigenvalue weighted by Crippen LogP contribution is -2.24. The van der Waals surface area contributed by atoms with Gasteiger partial charge in [-0.25, -0.2) is 8.78 Å². The highest BCUT2D eigenvalue weighted by molar-refractivity contribution is 8.00. The largest absolute Gasteiger partial charge is 0.493 e. The molecule has 0 fully saturated rings. The highest BCUT2D eigenvalue weighted by Crippen LogP contribution is 2.38. The van der Waals surface area contributed by atoms with Gasteiger partial charge in [0.15, 0.2) is 11.5 Å². The molecule has 0 radical (unpaired) electrons. The molecule has 0 aromatic heterocycles. The molecule has 8 heteroatoms. The van der Waals surface area contributed by atoms with Crippen molar-refractivity contribution in [2.45, 2.75) is 11.4 Å². The SMILES string of the molecule is COc1cc(CNC(=O)CSc2cc(F)ccc2F)cc(OC)c1OC. The van der Waals surface area contributed by atoms with Crippen LogP contribution in [0.3, 0.4) is 0 Å². The number of carbonyl (C=O) groups is 1. The number of ether oxygens (including phenoxy) is 3. The smallest absolute Gasteiger partial charge is 0.230 e. The molecule has 2 aromatic carbocycles. The molecule has 0 aliphatic carbocycles. The van der Waals surface area contributed by atoms with Crippen molar-refractivity contribution in [3.05, 3.63) is 47.5 Å². The van der Waals surface area contributed by atoms with Crippen molar-refractivity contribution >= 4 is 17.7 Å². The molecule has 2 aromatic rings. The molecule has 0 aliphatic heterocycles. The molecule has 0 aliphatic rings. The lowest BCUT2D eigenvalue weighted by atomic mass is 10.2. The van der Waals surface area contributed by atoms with E-state index < -0.39 is 11.6 Å². The van der Waals surface area contributed by atoms with E-state index in [-0.39, 0.29) is 23.1 Å². The van der Waals surface area contributed by atoms with Crippen LogP contribution >= 0.6 is 11.8 Å². The van der Waals surface area contributed by atoms with Crippen molar-refractivity contribution in [1.29, 1.82) is 0 Å². The van der Waals surface area contributed by atoms with Gasteiger partial charge in [0.25, 0.3) is 0 Å². The summed E-state index contributed by atoms with van der Waals surface area (Å²) in [5.41, 5.74) is 0.745. The monoisotopic (exact) mass is 383 g/mol. The summed E-state index contributed by atoms with van der Waals surface area (Å²) < 4.78 is 42.4. The van der Waals surface area contributed by atoms with Crippen LogP contribution in [0, 0.1) is 11.6 Å². The summed E-state index contributed by atoms with van der Waals surface area (Å²) in [4.78, 5) is 12.1. The Morgan fingerprint density at radius 3 is 2.27 bits per heavy atom. The first-order chi connectivity index (χ1) is 12.5. The van der Waals surface area contributed by atoms with Gasteiger partial charge in [-0.15, -0.1) is 11.8 Å². The van der Waals surface area contributed by atoms with Crippen molar-refractivity contribution in [3.8, 4) is 17.2 Å². The molecular formula is C18H19F2NO4S. The minimum atomic E-state index is -0.561. The maximum atomic E-state index is 13.6. The summed E-state index contributed by atoms with van der Waals surface area (Å²) in [5, 5.41) is 2.72. The summed E-state index contributed by atoms with van der Waals surface area (Å²) in [5.74, 6) is -0.0417. The topological polar surface area (TPSA) is 56.8 Å². The molecular weight excluding hydrogens is 364 g/mol. The molecule has 5 nitrogen and oxygen atoms in total. The van der Waals surface area contributed by atoms with Crippen molar-refractivity contribution in [2.24, 2.45) is 0 Å². The number of methoxy groups -OCH3 is 3. The van der Waals surface area contributed by atoms with E-state index in [1.165, 1.54) is 21.3 Å². The second-order valence-corrected chi connectivity index (χ2v) is 6.19. The van der Waals surface area contributed by atoms with Gasteiger partial charge in [-0.3, -0.25) is 4.79 Å². The van der Waals surface area contributed by atoms with Crippen LogP contribution in [0.4, 0.5) is 8.78 Å². The van der Waals surface area contributed by atoms with Gasteiger partial charge in [-0.2, -0.15) is 0 Å². The average molecular weight is 383 g/mol. The zero-order chi connectivity index (χ0) is 19.1. The first kappa shape index (κ1) is 19.8. The minimum absolute atomic E-state index is 0.0369. The maximum absolute atomic E-state index is 13.6. The molecule has 0 heterocycles. The summed E-state index contributed by atoms with van der Waals surface area (Å²) in [6.45, 7) is 0.224. The third-order valence-corrected chi connectivity index (χ3v) is 4.50. The second kappa shape index (κ2) is 9.28. The Kier molecular flexibility index (Phi) is 7.08. The Bertz CT molecular complexity index is 761. The fraction of sp³-hybridized carbons (Fsp3) is 0.278. The number of hydrogen-bond acceptors (Lipinski definition) is 5. The van der Waals surface area contributed by atoms with Crippen LogP contribution in [0.2, 0.25) is 0 Å². The van der Waals surface area contributed by atoms with Gasteiger partial charge in [0.1, 0.15) is 11.6 Å². The Balaban J connectivity index is 1.97. The molecule has 0 unspecified atom stereocenters. The first-order valence-electron chi connectivity index (χ1n) is 7.62. The number of halogens is 2. The minimum Gasteiger partial charge on any atom is -0.493 e. The molecule has 0 spiro atoms. The molecule has 2 rings (SSSR count). The highest BCUT2D eigenvalue weighted by Gasteiger charge is 2.14. The zero-order valence-electron chi connectivity index (χ0n) is 14.6. The van der Waals surface area contributed by atoms with E-state index in [0.717, 1.165) is 35.5 Å². The van der Waals surface area contributed by atoms with Gasteiger partial charge in [0.05, 0.1) is 27.1 Å². The number of amides is 1. The molecule has 140 valence electrons. The number of rotatable bonds is 8. The van der Waals surface area contributed by atoms with E-state index >= 15 is 0 Å². The molecule has 0 saturated heterocycles. The Labute approximate surface area is 154 Å². The number of hydrogen-bond donors (Lipinski definition) is 1. The molecule has 0 bridgehead atoms. The average Bonchev–Trinajstić information content (AvgIpc) is 2.65. The predicted octanol–water partition coefficient (Wildman–Crippen LogP) is 3.40. The third kappa shape index (κ3) is 5.01. The first-order valence-corrected chi connectivity index (χ1v) is 8.60. The van der Waals surface area contributed by atoms with Crippen molar-refractivity contribution in [1.82, 2.24) is 5.32 Å². The number of nitrogens with one attached hydrogen (secondary N) is 1. The molecule has 1 N–H and O–H groups in total. The molecule has 26 heavy (non-hydrogen) atoms. The predicted molar refractivity (Wildman–Crippen MR) is 95.0 cm³/mol. The molecule has 0 saturated carbocycles. The van der Waals surface area contributed by atoms with Crippen molar-refractivity contribution in [2.75, 3.05) is 27.1 Å². The fourth-order valence-corrected chi connectivity index (χ4v) is 3.01. The van der Waals surface area contributed by atoms with Gasteiger partial charge in [0, 0.05) is 11.4 Å². The van der Waals surface area contributed by atoms with Crippen LogP contribution in [0.1, 0.15) is 5.56 Å². The summed E-state index contributed by atoms with van der Waals surface area (Å²) in [7, 11) is 4.51. The normalized spacial score (nSPS) is 10.3. The Hall–Kier alpha value is -2.48. The maximum Gasteiger partial charge on any atom is 0.230 e. The van der Waals surface area contributed by atoms with Crippen LogP contribution in [-0.4, -0.2) is 33.0 Å².